The highest BCUT2D eigenvalue weighted by Crippen LogP contribution is 2.32. The minimum absolute atomic E-state index is 0.527. The molecule has 0 heterocycles. The van der Waals surface area contributed by atoms with Crippen molar-refractivity contribution >= 4 is 0 Å². The van der Waals surface area contributed by atoms with Crippen LogP contribution in [-0.2, 0) is 0 Å². The van der Waals surface area contributed by atoms with Crippen LogP contribution in [0, 0.1) is 5.92 Å². The zero-order valence-electron chi connectivity index (χ0n) is 9.50. The van der Waals surface area contributed by atoms with Crippen LogP contribution in [0.2, 0.25) is 0 Å². The molecule has 14 heavy (non-hydrogen) atoms. The lowest BCUT2D eigenvalue weighted by Gasteiger charge is -2.32. The number of rotatable bonds is 5. The van der Waals surface area contributed by atoms with Gasteiger partial charge in [-0.15, -0.1) is 0 Å². The topological polar surface area (TPSA) is 40.5 Å². The quantitative estimate of drug-likeness (QED) is 0.715. The molecule has 1 saturated carbocycles. The summed E-state index contributed by atoms with van der Waals surface area (Å²) in [6.07, 6.45) is 6.64. The van der Waals surface area contributed by atoms with Crippen molar-refractivity contribution in [2.24, 2.45) is 5.92 Å². The summed E-state index contributed by atoms with van der Waals surface area (Å²) in [5.74, 6) is 0.648. The second kappa shape index (κ2) is 5.13. The van der Waals surface area contributed by atoms with Crippen molar-refractivity contribution in [2.45, 2.75) is 70.5 Å². The lowest BCUT2D eigenvalue weighted by atomic mass is 9.85. The molecule has 1 aliphatic carbocycles. The summed E-state index contributed by atoms with van der Waals surface area (Å²) in [5.41, 5.74) is -0.845. The standard InChI is InChI=1S/C12H24O2/c1-3-12(14,4-2)11(13)9-10-7-5-6-8-10/h10-11,13-14H,3-9H2,1-2H3. The van der Waals surface area contributed by atoms with Gasteiger partial charge in [0, 0.05) is 0 Å². The SMILES string of the molecule is CCC(O)(CC)C(O)CC1CCCC1. The fourth-order valence-corrected chi connectivity index (χ4v) is 2.50. The third kappa shape index (κ3) is 2.71. The van der Waals surface area contributed by atoms with Crippen molar-refractivity contribution in [1.29, 1.82) is 0 Å². The molecule has 2 heteroatoms. The van der Waals surface area contributed by atoms with E-state index >= 15 is 0 Å². The predicted molar refractivity (Wildman–Crippen MR) is 58.1 cm³/mol. The van der Waals surface area contributed by atoms with Crippen LogP contribution in [0.4, 0.5) is 0 Å². The van der Waals surface area contributed by atoms with Crippen LogP contribution in [0.25, 0.3) is 0 Å². The molecule has 0 aromatic carbocycles. The fraction of sp³-hybridized carbons (Fsp3) is 1.00. The molecule has 2 nitrogen and oxygen atoms in total. The van der Waals surface area contributed by atoms with Crippen LogP contribution in [0.5, 0.6) is 0 Å². The summed E-state index contributed by atoms with van der Waals surface area (Å²) in [4.78, 5) is 0. The van der Waals surface area contributed by atoms with Crippen molar-refractivity contribution in [1.82, 2.24) is 0 Å². The fourth-order valence-electron chi connectivity index (χ4n) is 2.50. The van der Waals surface area contributed by atoms with Crippen LogP contribution in [0.3, 0.4) is 0 Å². The second-order valence-corrected chi connectivity index (χ2v) is 4.71. The van der Waals surface area contributed by atoms with Crippen LogP contribution in [0.1, 0.15) is 58.8 Å². The van der Waals surface area contributed by atoms with Gasteiger partial charge in [0.05, 0.1) is 11.7 Å². The maximum atomic E-state index is 10.1. The lowest BCUT2D eigenvalue weighted by Crippen LogP contribution is -2.42. The van der Waals surface area contributed by atoms with Gasteiger partial charge in [-0.2, -0.15) is 0 Å². The molecule has 0 saturated heterocycles. The van der Waals surface area contributed by atoms with E-state index in [0.717, 1.165) is 6.42 Å². The zero-order chi connectivity index (χ0) is 10.6. The van der Waals surface area contributed by atoms with Gasteiger partial charge in [0.15, 0.2) is 0 Å². The zero-order valence-corrected chi connectivity index (χ0v) is 9.50. The van der Waals surface area contributed by atoms with Crippen LogP contribution in [-0.4, -0.2) is 21.9 Å². The van der Waals surface area contributed by atoms with Gasteiger partial charge in [-0.05, 0) is 25.2 Å². The molecular formula is C12H24O2. The predicted octanol–water partition coefficient (Wildman–Crippen LogP) is 2.48. The highest BCUT2D eigenvalue weighted by molar-refractivity contribution is 4.86. The maximum Gasteiger partial charge on any atom is 0.0900 e. The van der Waals surface area contributed by atoms with E-state index in [1.807, 2.05) is 13.8 Å². The summed E-state index contributed by atoms with van der Waals surface area (Å²) in [5, 5.41) is 20.1. The van der Waals surface area contributed by atoms with Gasteiger partial charge in [-0.3, -0.25) is 0 Å². The molecule has 2 N–H and O–H groups in total. The van der Waals surface area contributed by atoms with Crippen LogP contribution >= 0.6 is 0 Å². The molecule has 1 rings (SSSR count). The van der Waals surface area contributed by atoms with Crippen molar-refractivity contribution in [3.8, 4) is 0 Å². The average Bonchev–Trinajstić information content (AvgIpc) is 2.69. The molecule has 84 valence electrons. The number of hydrogen-bond donors (Lipinski definition) is 2. The minimum atomic E-state index is -0.845. The van der Waals surface area contributed by atoms with E-state index in [1.165, 1.54) is 25.7 Å². The van der Waals surface area contributed by atoms with Gasteiger partial charge < -0.3 is 10.2 Å². The summed E-state index contributed by atoms with van der Waals surface area (Å²) in [6.45, 7) is 3.89. The Hall–Kier alpha value is -0.0800. The molecule has 0 bridgehead atoms. The van der Waals surface area contributed by atoms with E-state index in [0.29, 0.717) is 18.8 Å². The van der Waals surface area contributed by atoms with Crippen molar-refractivity contribution < 1.29 is 10.2 Å². The number of hydrogen-bond acceptors (Lipinski definition) is 2. The largest absolute Gasteiger partial charge is 0.390 e. The molecule has 1 unspecified atom stereocenters. The van der Waals surface area contributed by atoms with Crippen molar-refractivity contribution in [3.63, 3.8) is 0 Å². The number of aliphatic hydroxyl groups is 2. The first-order valence-electron chi connectivity index (χ1n) is 6.02. The lowest BCUT2D eigenvalue weighted by molar-refractivity contribution is -0.0882. The first-order chi connectivity index (χ1) is 6.62. The van der Waals surface area contributed by atoms with E-state index in [2.05, 4.69) is 0 Å². The average molecular weight is 200 g/mol. The Labute approximate surface area is 87.3 Å². The maximum absolute atomic E-state index is 10.1. The molecule has 0 aliphatic heterocycles. The van der Waals surface area contributed by atoms with Gasteiger partial charge >= 0.3 is 0 Å². The summed E-state index contributed by atoms with van der Waals surface area (Å²) in [6, 6.07) is 0. The smallest absolute Gasteiger partial charge is 0.0900 e. The number of aliphatic hydroxyl groups excluding tert-OH is 1. The summed E-state index contributed by atoms with van der Waals surface area (Å²) < 4.78 is 0. The molecule has 1 fully saturated rings. The minimum Gasteiger partial charge on any atom is -0.390 e. The molecule has 0 radical (unpaired) electrons. The van der Waals surface area contributed by atoms with E-state index in [-0.39, 0.29) is 0 Å². The van der Waals surface area contributed by atoms with Gasteiger partial charge in [-0.1, -0.05) is 39.5 Å². The van der Waals surface area contributed by atoms with Gasteiger partial charge in [0.2, 0.25) is 0 Å². The third-order valence-electron chi connectivity index (χ3n) is 3.88. The van der Waals surface area contributed by atoms with Crippen LogP contribution < -0.4 is 0 Å². The van der Waals surface area contributed by atoms with Gasteiger partial charge in [-0.25, -0.2) is 0 Å². The molecule has 0 amide bonds. The molecule has 1 aliphatic rings. The Morgan fingerprint density at radius 1 is 1.21 bits per heavy atom. The highest BCUT2D eigenvalue weighted by atomic mass is 16.3. The molecule has 0 aromatic heterocycles. The van der Waals surface area contributed by atoms with E-state index in [4.69, 9.17) is 0 Å². The van der Waals surface area contributed by atoms with Gasteiger partial charge in [0.1, 0.15) is 0 Å². The van der Waals surface area contributed by atoms with E-state index < -0.39 is 11.7 Å². The summed E-state index contributed by atoms with van der Waals surface area (Å²) in [7, 11) is 0. The summed E-state index contributed by atoms with van der Waals surface area (Å²) >= 11 is 0. The van der Waals surface area contributed by atoms with Gasteiger partial charge in [0.25, 0.3) is 0 Å². The van der Waals surface area contributed by atoms with Crippen molar-refractivity contribution in [2.75, 3.05) is 0 Å². The second-order valence-electron chi connectivity index (χ2n) is 4.71. The first-order valence-corrected chi connectivity index (χ1v) is 6.02. The molecule has 1 atom stereocenters. The Balaban J connectivity index is 2.42. The van der Waals surface area contributed by atoms with Crippen LogP contribution in [0.15, 0.2) is 0 Å². The van der Waals surface area contributed by atoms with E-state index in [1.54, 1.807) is 0 Å². The molecule has 0 aromatic rings. The Bertz CT molecular complexity index is 158. The first kappa shape index (κ1) is 12.0. The van der Waals surface area contributed by atoms with E-state index in [9.17, 15) is 10.2 Å². The Morgan fingerprint density at radius 2 is 1.71 bits per heavy atom. The Morgan fingerprint density at radius 3 is 2.14 bits per heavy atom. The van der Waals surface area contributed by atoms with Crippen molar-refractivity contribution in [3.05, 3.63) is 0 Å². The monoisotopic (exact) mass is 200 g/mol. The molecule has 0 spiro atoms. The Kier molecular flexibility index (Phi) is 4.39. The normalized spacial score (nSPS) is 21.4. The molecular weight excluding hydrogens is 176 g/mol. The third-order valence-corrected chi connectivity index (χ3v) is 3.88. The highest BCUT2D eigenvalue weighted by Gasteiger charge is 2.33.